The third-order valence-corrected chi connectivity index (χ3v) is 12.8. The Hall–Kier alpha value is -4.62. The molecule has 0 atom stereocenters. The number of ether oxygens (including phenoxy) is 4. The first-order valence-electron chi connectivity index (χ1n) is 15.0. The molecule has 4 nitrogen and oxygen atoms in total. The van der Waals surface area contributed by atoms with Gasteiger partial charge < -0.3 is 18.9 Å². The van der Waals surface area contributed by atoms with Gasteiger partial charge in [0.05, 0.1) is 28.4 Å². The smallest absolute Gasteiger partial charge is 0.169 e. The molecule has 6 heteroatoms. The summed E-state index contributed by atoms with van der Waals surface area (Å²) in [7, 11) is 4.74. The van der Waals surface area contributed by atoms with Gasteiger partial charge in [-0.2, -0.15) is 0 Å². The van der Waals surface area contributed by atoms with Crippen LogP contribution in [0.2, 0.25) is 0 Å². The van der Waals surface area contributed by atoms with Crippen LogP contribution >= 0.6 is 15.8 Å². The van der Waals surface area contributed by atoms with Crippen LogP contribution in [0.1, 0.15) is 0 Å². The first-order chi connectivity index (χ1) is 22.7. The van der Waals surface area contributed by atoms with E-state index in [0.717, 1.165) is 21.7 Å². The highest BCUT2D eigenvalue weighted by atomic mass is 31.1. The minimum atomic E-state index is -1.03. The Morgan fingerprint density at radius 3 is 0.848 bits per heavy atom. The van der Waals surface area contributed by atoms with Crippen molar-refractivity contribution < 1.29 is 18.9 Å². The van der Waals surface area contributed by atoms with E-state index in [1.54, 1.807) is 28.4 Å². The van der Waals surface area contributed by atoms with Crippen LogP contribution < -0.4 is 50.8 Å². The van der Waals surface area contributed by atoms with E-state index in [4.69, 9.17) is 18.9 Å². The molecule has 6 aromatic carbocycles. The molecular formula is C40H36O4P2. The second-order valence-electron chi connectivity index (χ2n) is 10.4. The second-order valence-corrected chi connectivity index (χ2v) is 14.8. The third kappa shape index (κ3) is 6.12. The van der Waals surface area contributed by atoms with Gasteiger partial charge in [-0.15, -0.1) is 0 Å². The van der Waals surface area contributed by atoms with Crippen molar-refractivity contribution in [3.63, 3.8) is 0 Å². The normalized spacial score (nSPS) is 11.0. The fraction of sp³-hybridized carbons (Fsp3) is 0.100. The molecule has 0 aliphatic rings. The lowest BCUT2D eigenvalue weighted by atomic mass is 10.0. The van der Waals surface area contributed by atoms with Gasteiger partial charge >= 0.3 is 0 Å². The fourth-order valence-electron chi connectivity index (χ4n) is 5.85. The summed E-state index contributed by atoms with van der Waals surface area (Å²) >= 11 is 0. The summed E-state index contributed by atoms with van der Waals surface area (Å²) in [4.78, 5) is 0. The lowest BCUT2D eigenvalue weighted by molar-refractivity contribution is 0.352. The van der Waals surface area contributed by atoms with Crippen LogP contribution in [0.15, 0.2) is 146 Å². The van der Waals surface area contributed by atoms with Crippen LogP contribution in [0.4, 0.5) is 0 Å². The maximum absolute atomic E-state index is 6.30. The van der Waals surface area contributed by atoms with E-state index < -0.39 is 15.8 Å². The number of methoxy groups -OCH3 is 4. The van der Waals surface area contributed by atoms with Crippen LogP contribution in [0.3, 0.4) is 0 Å². The highest BCUT2D eigenvalue weighted by Gasteiger charge is 2.32. The van der Waals surface area contributed by atoms with Crippen molar-refractivity contribution in [3.8, 4) is 34.1 Å². The Labute approximate surface area is 274 Å². The molecule has 6 aromatic rings. The minimum Gasteiger partial charge on any atom is -0.493 e. The van der Waals surface area contributed by atoms with Gasteiger partial charge in [0.1, 0.15) is 0 Å². The summed E-state index contributed by atoms with van der Waals surface area (Å²) in [5.74, 6) is 2.61. The van der Waals surface area contributed by atoms with Gasteiger partial charge in [0.15, 0.2) is 23.0 Å². The number of hydrogen-bond donors (Lipinski definition) is 0. The Bertz CT molecular complexity index is 1660. The Kier molecular flexibility index (Phi) is 9.99. The van der Waals surface area contributed by atoms with Crippen molar-refractivity contribution in [2.24, 2.45) is 0 Å². The van der Waals surface area contributed by atoms with Gasteiger partial charge in [-0.3, -0.25) is 0 Å². The van der Waals surface area contributed by atoms with Crippen LogP contribution in [0.5, 0.6) is 23.0 Å². The van der Waals surface area contributed by atoms with E-state index in [1.807, 2.05) is 12.1 Å². The largest absolute Gasteiger partial charge is 0.493 e. The lowest BCUT2D eigenvalue weighted by Crippen LogP contribution is -2.26. The highest BCUT2D eigenvalue weighted by molar-refractivity contribution is 7.80. The van der Waals surface area contributed by atoms with Crippen molar-refractivity contribution in [2.45, 2.75) is 0 Å². The zero-order valence-electron chi connectivity index (χ0n) is 26.4. The first kappa shape index (κ1) is 31.4. The lowest BCUT2D eigenvalue weighted by Gasteiger charge is -2.29. The molecule has 0 saturated heterocycles. The molecule has 0 aliphatic carbocycles. The quantitative estimate of drug-likeness (QED) is 0.144. The molecule has 0 amide bonds. The van der Waals surface area contributed by atoms with E-state index in [2.05, 4.69) is 133 Å². The number of rotatable bonds is 11. The van der Waals surface area contributed by atoms with Crippen LogP contribution in [-0.4, -0.2) is 28.4 Å². The second kappa shape index (κ2) is 14.6. The van der Waals surface area contributed by atoms with Crippen LogP contribution in [0.25, 0.3) is 11.1 Å². The molecule has 0 fully saturated rings. The Morgan fingerprint density at radius 2 is 0.609 bits per heavy atom. The summed E-state index contributed by atoms with van der Waals surface area (Å²) < 4.78 is 24.5. The molecule has 0 radical (unpaired) electrons. The zero-order valence-corrected chi connectivity index (χ0v) is 28.2. The van der Waals surface area contributed by atoms with Gasteiger partial charge in [-0.25, -0.2) is 0 Å². The molecule has 230 valence electrons. The summed E-state index contributed by atoms with van der Waals surface area (Å²) in [5, 5.41) is 7.19. The molecule has 0 aromatic heterocycles. The number of hydrogen-bond acceptors (Lipinski definition) is 4. The van der Waals surface area contributed by atoms with Gasteiger partial charge in [0, 0.05) is 11.1 Å². The molecule has 6 rings (SSSR count). The maximum Gasteiger partial charge on any atom is 0.169 e. The molecule has 0 bridgehead atoms. The molecule has 0 aliphatic heterocycles. The average molecular weight is 643 g/mol. The molecule has 0 unspecified atom stereocenters. The van der Waals surface area contributed by atoms with Crippen molar-refractivity contribution in [1.82, 2.24) is 0 Å². The molecule has 46 heavy (non-hydrogen) atoms. The predicted molar refractivity (Wildman–Crippen MR) is 195 cm³/mol. The summed E-state index contributed by atoms with van der Waals surface area (Å²) in [6, 6.07) is 51.2. The Morgan fingerprint density at radius 1 is 0.326 bits per heavy atom. The van der Waals surface area contributed by atoms with E-state index in [0.29, 0.717) is 23.0 Å². The fourth-order valence-corrected chi connectivity index (χ4v) is 10.8. The monoisotopic (exact) mass is 642 g/mol. The van der Waals surface area contributed by atoms with Gasteiger partial charge in [0.25, 0.3) is 0 Å². The van der Waals surface area contributed by atoms with E-state index >= 15 is 0 Å². The highest BCUT2D eigenvalue weighted by Crippen LogP contribution is 2.51. The Balaban J connectivity index is 1.77. The molecule has 0 heterocycles. The first-order valence-corrected chi connectivity index (χ1v) is 17.7. The number of benzene rings is 6. The van der Waals surface area contributed by atoms with Crippen molar-refractivity contribution in [2.75, 3.05) is 28.4 Å². The molecular weight excluding hydrogens is 606 g/mol. The summed E-state index contributed by atoms with van der Waals surface area (Å²) in [6.45, 7) is 0. The standard InChI is InChI=1S/C40H36O4P2/c1-41-33-25-27-35(45(29-17-9-5-10-18-29)30-19-11-6-12-20-30)37(39(33)43-3)38-36(28-26-34(42-2)40(38)44-4)46(31-21-13-7-14-22-31)32-23-15-8-16-24-32/h5-28H,1-4H3. The van der Waals surface area contributed by atoms with Crippen LogP contribution in [-0.2, 0) is 0 Å². The third-order valence-electron chi connectivity index (χ3n) is 7.84. The van der Waals surface area contributed by atoms with Crippen LogP contribution in [0, 0.1) is 0 Å². The molecule has 0 saturated carbocycles. The SMILES string of the molecule is COc1ccc(P(c2ccccc2)c2ccccc2)c(-c2c(P(c3ccccc3)c3ccccc3)ccc(OC)c2OC)c1OC. The molecule has 0 spiro atoms. The average Bonchev–Trinajstić information content (AvgIpc) is 3.13. The summed E-state index contributed by atoms with van der Waals surface area (Å²) in [5.41, 5.74) is 1.87. The van der Waals surface area contributed by atoms with Gasteiger partial charge in [-0.1, -0.05) is 121 Å². The van der Waals surface area contributed by atoms with Gasteiger partial charge in [-0.05, 0) is 71.9 Å². The van der Waals surface area contributed by atoms with Gasteiger partial charge in [0.2, 0.25) is 0 Å². The molecule has 0 N–H and O–H groups in total. The topological polar surface area (TPSA) is 36.9 Å². The van der Waals surface area contributed by atoms with E-state index in [1.165, 1.54) is 21.2 Å². The zero-order chi connectivity index (χ0) is 31.9. The summed E-state index contributed by atoms with van der Waals surface area (Å²) in [6.07, 6.45) is 0. The van der Waals surface area contributed by atoms with Crippen molar-refractivity contribution in [1.29, 1.82) is 0 Å². The minimum absolute atomic E-state index is 0.650. The van der Waals surface area contributed by atoms with E-state index in [-0.39, 0.29) is 0 Å². The van der Waals surface area contributed by atoms with Crippen molar-refractivity contribution in [3.05, 3.63) is 146 Å². The maximum atomic E-state index is 6.30. The van der Waals surface area contributed by atoms with E-state index in [9.17, 15) is 0 Å². The predicted octanol–water partition coefficient (Wildman–Crippen LogP) is 6.90. The van der Waals surface area contributed by atoms with Crippen molar-refractivity contribution >= 4 is 47.7 Å².